The third kappa shape index (κ3) is 1.62. The van der Waals surface area contributed by atoms with Crippen LogP contribution in [0.5, 0.6) is 5.75 Å². The summed E-state index contributed by atoms with van der Waals surface area (Å²) in [5, 5.41) is 14.6. The number of hydrogen-bond acceptors (Lipinski definition) is 1. The first-order chi connectivity index (χ1) is 7.36. The fraction of sp³-hybridized carbons (Fsp3) is 0. The minimum Gasteiger partial charge on any atom is -0.872 e. The van der Waals surface area contributed by atoms with Gasteiger partial charge in [-0.05, 0) is 17.5 Å². The second-order valence-corrected chi connectivity index (χ2v) is 3.55. The van der Waals surface area contributed by atoms with E-state index < -0.39 is 0 Å². The van der Waals surface area contributed by atoms with Gasteiger partial charge in [0.1, 0.15) is 0 Å². The zero-order valence-corrected chi connectivity index (χ0v) is 10.1. The molecule has 0 aliphatic carbocycles. The Hall–Kier alpha value is -1.32. The van der Waals surface area contributed by atoms with Crippen LogP contribution in [-0.2, 0) is 0 Å². The zero-order valence-electron chi connectivity index (χ0n) is 8.73. The molecule has 2 nitrogen and oxygen atoms in total. The molecule has 0 fully saturated rings. The molecule has 0 bridgehead atoms. The first kappa shape index (κ1) is 11.2. The summed E-state index contributed by atoms with van der Waals surface area (Å²) in [6, 6.07) is 13.3. The first-order valence-corrected chi connectivity index (χ1v) is 4.85. The van der Waals surface area contributed by atoms with Gasteiger partial charge in [0.2, 0.25) is 5.52 Å². The smallest absolute Gasteiger partial charge is 0.872 e. The summed E-state index contributed by atoms with van der Waals surface area (Å²) in [4.78, 5) is 3.13. The number of nitrogens with one attached hydrogen (secondary N) is 1. The molecule has 0 amide bonds. The maximum Gasteiger partial charge on any atom is 2.00 e. The van der Waals surface area contributed by atoms with Crippen LogP contribution in [0.3, 0.4) is 0 Å². The molecule has 0 unspecified atom stereocenters. The quantitative estimate of drug-likeness (QED) is 0.417. The molecule has 0 radical (unpaired) electrons. The summed E-state index contributed by atoms with van der Waals surface area (Å²) in [6.07, 6.45) is 1.84. The van der Waals surface area contributed by atoms with Gasteiger partial charge in [-0.3, -0.25) is 0 Å². The molecule has 0 spiro atoms. The number of fused-ring (bicyclic) bond motifs is 3. The van der Waals surface area contributed by atoms with E-state index >= 15 is 0 Å². The molecular formula is C13H9MgNO+2. The fourth-order valence-corrected chi connectivity index (χ4v) is 1.94. The molecule has 0 saturated heterocycles. The Morgan fingerprint density at radius 3 is 2.50 bits per heavy atom. The van der Waals surface area contributed by atoms with E-state index in [1.165, 1.54) is 0 Å². The van der Waals surface area contributed by atoms with Crippen molar-refractivity contribution in [3.63, 3.8) is 0 Å². The van der Waals surface area contributed by atoms with E-state index in [0.717, 1.165) is 21.7 Å². The molecule has 0 aliphatic heterocycles. The molecular weight excluding hydrogens is 210 g/mol. The minimum absolute atomic E-state index is 0. The molecule has 1 N–H and O–H groups in total. The summed E-state index contributed by atoms with van der Waals surface area (Å²) >= 11 is 0. The fourth-order valence-electron chi connectivity index (χ4n) is 1.94. The van der Waals surface area contributed by atoms with Crippen LogP contribution in [-0.4, -0.2) is 23.1 Å². The van der Waals surface area contributed by atoms with Crippen LogP contribution in [0.2, 0.25) is 0 Å². The standard InChI is InChI=1S/C13H9NO.Mg/c15-11-5-1-3-9-6-7-10-4-2-8-14-13(10)12(9)11;/h1-8,15H;/q;+2. The van der Waals surface area contributed by atoms with Crippen LogP contribution in [0.1, 0.15) is 0 Å². The van der Waals surface area contributed by atoms with Gasteiger partial charge in [-0.1, -0.05) is 30.0 Å². The Bertz CT molecular complexity index is 652. The van der Waals surface area contributed by atoms with E-state index in [2.05, 4.69) is 4.98 Å². The number of aromatic amines is 1. The predicted molar refractivity (Wildman–Crippen MR) is 63.2 cm³/mol. The zero-order chi connectivity index (χ0) is 10.3. The van der Waals surface area contributed by atoms with Crippen LogP contribution in [0.15, 0.2) is 48.7 Å². The topological polar surface area (TPSA) is 37.2 Å². The molecule has 0 atom stereocenters. The van der Waals surface area contributed by atoms with Gasteiger partial charge >= 0.3 is 23.1 Å². The second-order valence-electron chi connectivity index (χ2n) is 3.55. The normalized spacial score (nSPS) is 10.2. The summed E-state index contributed by atoms with van der Waals surface area (Å²) in [5.41, 5.74) is 0.917. The third-order valence-corrected chi connectivity index (χ3v) is 2.64. The number of pyridine rings is 1. The molecule has 3 heteroatoms. The Morgan fingerprint density at radius 2 is 1.62 bits per heavy atom. The van der Waals surface area contributed by atoms with Crippen molar-refractivity contribution in [3.05, 3.63) is 48.7 Å². The van der Waals surface area contributed by atoms with Gasteiger partial charge in [0.15, 0.2) is 6.20 Å². The molecule has 3 rings (SSSR count). The number of benzene rings is 2. The van der Waals surface area contributed by atoms with E-state index in [-0.39, 0.29) is 28.8 Å². The largest absolute Gasteiger partial charge is 2.00 e. The van der Waals surface area contributed by atoms with Crippen LogP contribution in [0.4, 0.5) is 0 Å². The summed E-state index contributed by atoms with van der Waals surface area (Å²) in [5.74, 6) is 0.0700. The molecule has 16 heavy (non-hydrogen) atoms. The maximum absolute atomic E-state index is 11.8. The van der Waals surface area contributed by atoms with Crippen molar-refractivity contribution in [2.75, 3.05) is 0 Å². The van der Waals surface area contributed by atoms with Crippen molar-refractivity contribution in [1.29, 1.82) is 0 Å². The maximum atomic E-state index is 11.8. The van der Waals surface area contributed by atoms with Gasteiger partial charge in [-0.25, -0.2) is 4.98 Å². The monoisotopic (exact) mass is 219 g/mol. The number of rotatable bonds is 0. The van der Waals surface area contributed by atoms with E-state index in [9.17, 15) is 5.11 Å². The van der Waals surface area contributed by atoms with E-state index in [1.807, 2.05) is 36.5 Å². The molecule has 3 aromatic rings. The summed E-state index contributed by atoms with van der Waals surface area (Å²) in [7, 11) is 0. The van der Waals surface area contributed by atoms with E-state index in [1.54, 1.807) is 12.1 Å². The summed E-state index contributed by atoms with van der Waals surface area (Å²) < 4.78 is 0. The van der Waals surface area contributed by atoms with Crippen LogP contribution < -0.4 is 10.1 Å². The van der Waals surface area contributed by atoms with Crippen LogP contribution in [0, 0.1) is 0 Å². The van der Waals surface area contributed by atoms with Gasteiger partial charge in [0.05, 0.1) is 0 Å². The van der Waals surface area contributed by atoms with Crippen molar-refractivity contribution in [2.45, 2.75) is 0 Å². The van der Waals surface area contributed by atoms with Gasteiger partial charge < -0.3 is 5.11 Å². The molecule has 72 valence electrons. The van der Waals surface area contributed by atoms with Crippen molar-refractivity contribution < 1.29 is 10.1 Å². The van der Waals surface area contributed by atoms with Gasteiger partial charge in [-0.2, -0.15) is 0 Å². The average Bonchev–Trinajstić information content (AvgIpc) is 2.29. The number of aromatic nitrogens is 1. The van der Waals surface area contributed by atoms with Crippen molar-refractivity contribution >= 4 is 44.7 Å². The van der Waals surface area contributed by atoms with E-state index in [4.69, 9.17) is 0 Å². The molecule has 1 aromatic heterocycles. The van der Waals surface area contributed by atoms with Crippen molar-refractivity contribution in [2.24, 2.45) is 0 Å². The van der Waals surface area contributed by atoms with Crippen LogP contribution in [0.25, 0.3) is 21.7 Å². The van der Waals surface area contributed by atoms with Gasteiger partial charge in [-0.15, -0.1) is 0 Å². The SMILES string of the molecule is [Mg+2].[O-]c1cccc2ccc3ccc[nH+]c3c12. The van der Waals surface area contributed by atoms with Crippen molar-refractivity contribution in [1.82, 2.24) is 0 Å². The number of H-pyrrole nitrogens is 1. The van der Waals surface area contributed by atoms with Gasteiger partial charge in [0, 0.05) is 16.8 Å². The Kier molecular flexibility index (Phi) is 2.98. The van der Waals surface area contributed by atoms with Crippen LogP contribution >= 0.6 is 0 Å². The second kappa shape index (κ2) is 4.27. The molecule has 1 heterocycles. The Labute approximate surface area is 109 Å². The van der Waals surface area contributed by atoms with Crippen molar-refractivity contribution in [3.8, 4) is 5.75 Å². The molecule has 0 saturated carbocycles. The Morgan fingerprint density at radius 1 is 0.875 bits per heavy atom. The molecule has 2 aromatic carbocycles. The summed E-state index contributed by atoms with van der Waals surface area (Å²) in [6.45, 7) is 0. The molecule has 0 aliphatic rings. The number of hydrogen-bond donors (Lipinski definition) is 0. The van der Waals surface area contributed by atoms with Gasteiger partial charge in [0.25, 0.3) is 0 Å². The predicted octanol–water partition coefficient (Wildman–Crippen LogP) is 1.50. The average molecular weight is 220 g/mol. The third-order valence-electron chi connectivity index (χ3n) is 2.64. The minimum atomic E-state index is 0. The van der Waals surface area contributed by atoms with E-state index in [0.29, 0.717) is 0 Å². The first-order valence-electron chi connectivity index (χ1n) is 4.85. The Balaban J connectivity index is 0.000000963.